The van der Waals surface area contributed by atoms with Crippen LogP contribution in [0, 0.1) is 16.2 Å². The van der Waals surface area contributed by atoms with E-state index in [1.807, 2.05) is 17.0 Å². The van der Waals surface area contributed by atoms with E-state index in [-0.39, 0.29) is 16.3 Å². The third kappa shape index (κ3) is 6.80. The fraction of sp³-hybridized carbons (Fsp3) is 0.567. The number of carbonyl (C=O) groups is 1. The monoisotopic (exact) mass is 593 g/mol. The molecule has 5 rings (SSSR count). The molecule has 0 radical (unpaired) electrons. The van der Waals surface area contributed by atoms with Crippen LogP contribution >= 0.6 is 11.6 Å². The highest BCUT2D eigenvalue weighted by molar-refractivity contribution is 6.30. The number of benzene rings is 2. The molecule has 3 fully saturated rings. The maximum atomic E-state index is 13.7. The maximum Gasteiger partial charge on any atom is 0.423 e. The number of ketones is 1. The molecule has 2 saturated heterocycles. The van der Waals surface area contributed by atoms with Gasteiger partial charge in [0.25, 0.3) is 4.92 Å². The van der Waals surface area contributed by atoms with Gasteiger partial charge in [-0.05, 0) is 80.5 Å². The Morgan fingerprint density at radius 2 is 1.68 bits per heavy atom. The van der Waals surface area contributed by atoms with Crippen LogP contribution in [0.15, 0.2) is 42.5 Å². The quantitative estimate of drug-likeness (QED) is 0.310. The summed E-state index contributed by atoms with van der Waals surface area (Å²) in [7, 11) is 1.03. The Kier molecular flexibility index (Phi) is 8.80. The van der Waals surface area contributed by atoms with Gasteiger partial charge in [0, 0.05) is 74.1 Å². The molecule has 2 atom stereocenters. The molecule has 1 spiro atoms. The molecule has 7 nitrogen and oxygen atoms in total. The third-order valence-corrected chi connectivity index (χ3v) is 9.29. The molecule has 2 aromatic rings. The van der Waals surface area contributed by atoms with Gasteiger partial charge < -0.3 is 9.80 Å². The molecule has 0 bridgehead atoms. The lowest BCUT2D eigenvalue weighted by Gasteiger charge is -2.36. The SMILES string of the molecule is CO[N+](=O)c1ccc(N2CCCC3(CC2)CC3C(=O)CCCN2CCN(c3ccc(Cl)cc3)CC2)cc1C(F)(F)F. The summed E-state index contributed by atoms with van der Waals surface area (Å²) in [5.41, 5.74) is 0.0126. The van der Waals surface area contributed by atoms with Crippen molar-refractivity contribution in [1.29, 1.82) is 0 Å². The molecule has 3 aliphatic rings. The smallest absolute Gasteiger partial charge is 0.371 e. The Morgan fingerprint density at radius 3 is 2.37 bits per heavy atom. The van der Waals surface area contributed by atoms with E-state index in [1.54, 1.807) is 0 Å². The Hall–Kier alpha value is -2.85. The average Bonchev–Trinajstić information content (AvgIpc) is 3.73. The summed E-state index contributed by atoms with van der Waals surface area (Å²) in [6, 6.07) is 11.7. The number of hydrogen-bond acceptors (Lipinski definition) is 6. The van der Waals surface area contributed by atoms with Gasteiger partial charge in [-0.25, -0.2) is 4.84 Å². The lowest BCUT2D eigenvalue weighted by atomic mass is 9.92. The number of piperazine rings is 1. The van der Waals surface area contributed by atoms with Crippen molar-refractivity contribution in [3.8, 4) is 0 Å². The minimum Gasteiger partial charge on any atom is -0.371 e. The summed E-state index contributed by atoms with van der Waals surface area (Å²) >= 11 is 6.00. The topological polar surface area (TPSA) is 56.1 Å². The molecule has 11 heteroatoms. The molecule has 0 amide bonds. The lowest BCUT2D eigenvalue weighted by molar-refractivity contribution is -0.737. The summed E-state index contributed by atoms with van der Waals surface area (Å²) in [5.74, 6) is 0.394. The molecule has 2 unspecified atom stereocenters. The van der Waals surface area contributed by atoms with Gasteiger partial charge >= 0.3 is 11.9 Å². The van der Waals surface area contributed by atoms with Crippen LogP contribution in [0.2, 0.25) is 5.02 Å². The number of carbonyl (C=O) groups excluding carboxylic acids is 1. The standard InChI is InChI=1S/C30H37ClF3N4O3/c1-41-38(40)27-10-9-24(20-25(27)30(32,33)34)36-14-3-11-29(12-15-36)21-26(29)28(39)4-2-13-35-16-18-37(19-17-35)23-7-5-22(31)6-8-23/h5-10,20,26H,2-4,11-19,21H2,1H3/q+1. The van der Waals surface area contributed by atoms with Crippen LogP contribution in [0.3, 0.4) is 0 Å². The molecule has 0 N–H and O–H groups in total. The molecule has 2 aliphatic heterocycles. The first kappa shape index (κ1) is 29.6. The van der Waals surface area contributed by atoms with Gasteiger partial charge in [0.15, 0.2) is 7.11 Å². The summed E-state index contributed by atoms with van der Waals surface area (Å²) in [6.45, 7) is 5.95. The Labute approximate surface area is 243 Å². The number of nitrogens with zero attached hydrogens (tertiary/aromatic N) is 4. The average molecular weight is 594 g/mol. The van der Waals surface area contributed by atoms with Crippen molar-refractivity contribution in [2.24, 2.45) is 11.3 Å². The van der Waals surface area contributed by atoms with Crippen LogP contribution in [0.4, 0.5) is 30.2 Å². The maximum absolute atomic E-state index is 13.7. The zero-order valence-electron chi connectivity index (χ0n) is 23.3. The first-order chi connectivity index (χ1) is 19.6. The molecule has 0 aromatic heterocycles. The zero-order valence-corrected chi connectivity index (χ0v) is 24.1. The van der Waals surface area contributed by atoms with E-state index in [1.165, 1.54) is 11.8 Å². The van der Waals surface area contributed by atoms with Crippen molar-refractivity contribution >= 4 is 34.4 Å². The van der Waals surface area contributed by atoms with Gasteiger partial charge in [0.2, 0.25) is 0 Å². The second-order valence-corrected chi connectivity index (χ2v) is 11.9. The highest BCUT2D eigenvalue weighted by Crippen LogP contribution is 2.60. The zero-order chi connectivity index (χ0) is 29.2. The summed E-state index contributed by atoms with van der Waals surface area (Å²) in [4.78, 5) is 36.0. The highest BCUT2D eigenvalue weighted by atomic mass is 35.5. The molecule has 1 aliphatic carbocycles. The van der Waals surface area contributed by atoms with Crippen LogP contribution < -0.4 is 9.80 Å². The lowest BCUT2D eigenvalue weighted by Crippen LogP contribution is -2.46. The Bertz CT molecular complexity index is 1250. The second-order valence-electron chi connectivity index (χ2n) is 11.5. The molecule has 222 valence electrons. The fourth-order valence-corrected chi connectivity index (χ4v) is 6.69. The fourth-order valence-electron chi connectivity index (χ4n) is 6.57. The normalized spacial score (nSPS) is 23.4. The van der Waals surface area contributed by atoms with Gasteiger partial charge in [0.1, 0.15) is 11.3 Å². The van der Waals surface area contributed by atoms with Crippen LogP contribution in [0.1, 0.15) is 44.1 Å². The number of Topliss-reactive ketones (excluding diaryl/α,β-unsaturated/α-hetero) is 1. The number of halogens is 4. The Morgan fingerprint density at radius 1 is 1.00 bits per heavy atom. The predicted molar refractivity (Wildman–Crippen MR) is 153 cm³/mol. The van der Waals surface area contributed by atoms with Crippen molar-refractivity contribution in [1.82, 2.24) is 4.90 Å². The first-order valence-corrected chi connectivity index (χ1v) is 14.7. The minimum atomic E-state index is -4.68. The summed E-state index contributed by atoms with van der Waals surface area (Å²) < 4.78 is 41.0. The second kappa shape index (κ2) is 12.2. The molecular formula is C30H37ClF3N4O3+. The molecule has 2 aromatic carbocycles. The van der Waals surface area contributed by atoms with Crippen molar-refractivity contribution in [2.45, 2.75) is 44.7 Å². The van der Waals surface area contributed by atoms with Crippen molar-refractivity contribution in [3.63, 3.8) is 0 Å². The van der Waals surface area contributed by atoms with Gasteiger partial charge in [0.05, 0.1) is 4.91 Å². The Balaban J connectivity index is 1.09. The van der Waals surface area contributed by atoms with Crippen molar-refractivity contribution in [2.75, 3.05) is 62.7 Å². The van der Waals surface area contributed by atoms with E-state index in [9.17, 15) is 22.9 Å². The van der Waals surface area contributed by atoms with Crippen LogP contribution in [0.5, 0.6) is 0 Å². The minimum absolute atomic E-state index is 0.0231. The van der Waals surface area contributed by atoms with Crippen LogP contribution in [-0.4, -0.2) is 68.5 Å². The molecular weight excluding hydrogens is 557 g/mol. The van der Waals surface area contributed by atoms with E-state index in [2.05, 4.69) is 26.8 Å². The third-order valence-electron chi connectivity index (χ3n) is 9.04. The van der Waals surface area contributed by atoms with Gasteiger partial charge in [-0.15, -0.1) is 0 Å². The molecule has 41 heavy (non-hydrogen) atoms. The molecule has 2 heterocycles. The first-order valence-electron chi connectivity index (χ1n) is 14.3. The summed E-state index contributed by atoms with van der Waals surface area (Å²) in [6.07, 6.45) is 0.137. The number of alkyl halides is 3. The number of anilines is 2. The largest absolute Gasteiger partial charge is 0.423 e. The van der Waals surface area contributed by atoms with Crippen molar-refractivity contribution in [3.05, 3.63) is 58.0 Å². The van der Waals surface area contributed by atoms with Crippen molar-refractivity contribution < 1.29 is 27.7 Å². The summed E-state index contributed by atoms with van der Waals surface area (Å²) in [5, 5.41) is 0.737. The van der Waals surface area contributed by atoms with Gasteiger partial charge in [-0.2, -0.15) is 13.2 Å². The van der Waals surface area contributed by atoms with E-state index >= 15 is 0 Å². The highest BCUT2D eigenvalue weighted by Gasteiger charge is 2.56. The van der Waals surface area contributed by atoms with Gasteiger partial charge in [-0.1, -0.05) is 11.6 Å². The van der Waals surface area contributed by atoms with Crippen LogP contribution in [0.25, 0.3) is 0 Å². The van der Waals surface area contributed by atoms with Crippen LogP contribution in [-0.2, 0) is 15.8 Å². The predicted octanol–water partition coefficient (Wildman–Crippen LogP) is 6.50. The van der Waals surface area contributed by atoms with E-state index in [4.69, 9.17) is 11.6 Å². The van der Waals surface area contributed by atoms with E-state index in [0.717, 1.165) is 89.1 Å². The molecule has 1 saturated carbocycles. The van der Waals surface area contributed by atoms with E-state index < -0.39 is 17.4 Å². The van der Waals surface area contributed by atoms with Gasteiger partial charge in [-0.3, -0.25) is 9.69 Å². The number of hydrogen-bond donors (Lipinski definition) is 0. The number of rotatable bonds is 9. The van der Waals surface area contributed by atoms with E-state index in [0.29, 0.717) is 31.0 Å².